The van der Waals surface area contributed by atoms with E-state index in [-0.39, 0.29) is 25.3 Å². The van der Waals surface area contributed by atoms with Gasteiger partial charge >= 0.3 is 0 Å². The second kappa shape index (κ2) is 18.2. The van der Waals surface area contributed by atoms with Crippen LogP contribution < -0.4 is 32.8 Å². The predicted octanol–water partition coefficient (Wildman–Crippen LogP) is 17.1. The number of hydrogen-bond acceptors (Lipinski definition) is 0. The van der Waals surface area contributed by atoms with Crippen LogP contribution >= 0.6 is 0 Å². The van der Waals surface area contributed by atoms with Crippen LogP contribution in [0.25, 0.3) is 118 Å². The Morgan fingerprint density at radius 3 is 0.700 bits per heavy atom. The van der Waals surface area contributed by atoms with Crippen LogP contribution in [0.2, 0.25) is 0 Å². The van der Waals surface area contributed by atoms with Gasteiger partial charge in [0.25, 0.3) is 0 Å². The Balaban J connectivity index is 1.05. The van der Waals surface area contributed by atoms with E-state index in [9.17, 15) is 0 Å². The van der Waals surface area contributed by atoms with Crippen molar-refractivity contribution >= 4 is 165 Å². The molecule has 0 aliphatic rings. The maximum Gasteiger partial charge on any atom is 0.243 e. The molecule has 0 bridgehead atoms. The zero-order valence-electron chi connectivity index (χ0n) is 45.6. The lowest BCUT2D eigenvalue weighted by Gasteiger charge is -2.28. The zero-order chi connectivity index (χ0) is 53.3. The Kier molecular flexibility index (Phi) is 10.6. The van der Waals surface area contributed by atoms with Crippen molar-refractivity contribution in [1.82, 2.24) is 0 Å². The molecule has 16 rings (SSSR count). The van der Waals surface area contributed by atoms with Crippen molar-refractivity contribution in [3.8, 4) is 0 Å². The van der Waals surface area contributed by atoms with E-state index in [1.54, 1.807) is 0 Å². The van der Waals surface area contributed by atoms with Crippen LogP contribution in [0.4, 0.5) is 0 Å². The molecule has 0 fully saturated rings. The number of benzene rings is 16. The molecular weight excluding hydrogens is 958 g/mol. The van der Waals surface area contributed by atoms with Crippen LogP contribution in [-0.2, 0) is 0 Å². The van der Waals surface area contributed by atoms with Gasteiger partial charge < -0.3 is 0 Å². The van der Waals surface area contributed by atoms with Crippen molar-refractivity contribution in [3.63, 3.8) is 0 Å². The van der Waals surface area contributed by atoms with Crippen LogP contribution in [-0.4, -0.2) is 13.4 Å². The van der Waals surface area contributed by atoms with Gasteiger partial charge in [-0.3, -0.25) is 0 Å². The van der Waals surface area contributed by atoms with E-state index in [0.29, 0.717) is 0 Å². The molecule has 0 unspecified atom stereocenters. The Bertz CT molecular complexity index is 4650. The summed E-state index contributed by atoms with van der Waals surface area (Å²) in [5.74, 6) is 0.527. The first-order valence-electron chi connectivity index (χ1n) is 28.7. The Hall–Kier alpha value is -9.23. The summed E-state index contributed by atoms with van der Waals surface area (Å²) >= 11 is 0. The summed E-state index contributed by atoms with van der Waals surface area (Å²) in [6.45, 7) is 9.39. The molecule has 0 spiro atoms. The van der Waals surface area contributed by atoms with E-state index < -0.39 is 0 Å². The predicted molar refractivity (Wildman–Crippen MR) is 353 cm³/mol. The minimum Gasteiger partial charge on any atom is -0.0663 e. The molecule has 0 heterocycles. The normalized spacial score (nSPS) is 12.2. The van der Waals surface area contributed by atoms with Crippen LogP contribution in [0, 0.1) is 0 Å². The van der Waals surface area contributed by atoms with Crippen molar-refractivity contribution in [2.24, 2.45) is 0 Å². The van der Waals surface area contributed by atoms with Gasteiger partial charge in [0.2, 0.25) is 13.4 Å². The lowest BCUT2D eigenvalue weighted by atomic mass is 9.34. The van der Waals surface area contributed by atoms with Crippen molar-refractivity contribution in [2.75, 3.05) is 0 Å². The summed E-state index contributed by atoms with van der Waals surface area (Å²) in [7, 11) is 0. The van der Waals surface area contributed by atoms with Crippen LogP contribution in [0.5, 0.6) is 0 Å². The van der Waals surface area contributed by atoms with E-state index in [2.05, 4.69) is 282 Å². The molecule has 0 amide bonds. The first-order valence-corrected chi connectivity index (χ1v) is 28.7. The molecule has 2 heteroatoms. The zero-order valence-corrected chi connectivity index (χ0v) is 45.6. The van der Waals surface area contributed by atoms with Crippen molar-refractivity contribution in [2.45, 2.75) is 39.5 Å². The third-order valence-electron chi connectivity index (χ3n) is 18.3. The molecule has 0 saturated heterocycles. The molecule has 0 aliphatic heterocycles. The van der Waals surface area contributed by atoms with Crippen molar-refractivity contribution in [3.05, 3.63) is 266 Å². The van der Waals surface area contributed by atoms with Gasteiger partial charge in [-0.1, -0.05) is 267 Å². The Morgan fingerprint density at radius 1 is 0.200 bits per heavy atom. The van der Waals surface area contributed by atoms with Crippen molar-refractivity contribution < 1.29 is 0 Å². The molecule has 16 aromatic rings. The average molecular weight is 1010 g/mol. The molecule has 16 aromatic carbocycles. The summed E-state index contributed by atoms with van der Waals surface area (Å²) < 4.78 is 0. The van der Waals surface area contributed by atoms with Gasteiger partial charge in [0.15, 0.2) is 0 Å². The molecule has 0 atom stereocenters. The van der Waals surface area contributed by atoms with Gasteiger partial charge in [0.05, 0.1) is 0 Å². The van der Waals surface area contributed by atoms with E-state index >= 15 is 0 Å². The highest BCUT2D eigenvalue weighted by molar-refractivity contribution is 7.00. The maximum atomic E-state index is 2.62. The minimum absolute atomic E-state index is 0.0976. The molecule has 0 radical (unpaired) electrons. The molecule has 0 aliphatic carbocycles. The highest BCUT2D eigenvalue weighted by atomic mass is 14.2. The van der Waals surface area contributed by atoms with Gasteiger partial charge in [-0.05, 0) is 190 Å². The monoisotopic (exact) mass is 1010 g/mol. The first-order chi connectivity index (χ1) is 39.3. The molecular formula is C78H56B2. The Labute approximate surface area is 467 Å². The van der Waals surface area contributed by atoms with Crippen LogP contribution in [0.15, 0.2) is 255 Å². The minimum atomic E-state index is -0.0976. The first kappa shape index (κ1) is 46.8. The third kappa shape index (κ3) is 7.25. The largest absolute Gasteiger partial charge is 0.243 e. The standard InChI is InChI=1S/C78H56B2/c1-47(2)65-45-75(79(71-29-13-25-57-37-49-17-5-9-21-53(49)41-67(57)71)72-30-14-26-58-38-50-18-6-10-22-54(50)42-68(58)72)63-35-36-64-76(46-66(48(3)4)62-34-33-61(65)77(63)78(62)64)80(73-31-15-27-59-39-51-19-7-11-23-55(51)43-69(59)73)74-32-16-28-60-40-52-20-8-12-24-56(52)44-70(60)74/h5-48H,1-4H3. The van der Waals surface area contributed by atoms with E-state index in [1.807, 2.05) is 0 Å². The quantitative estimate of drug-likeness (QED) is 0.0808. The summed E-state index contributed by atoms with van der Waals surface area (Å²) in [4.78, 5) is 0. The van der Waals surface area contributed by atoms with Gasteiger partial charge in [0, 0.05) is 0 Å². The van der Waals surface area contributed by atoms with Crippen LogP contribution in [0.3, 0.4) is 0 Å². The summed E-state index contributed by atoms with van der Waals surface area (Å²) in [5.41, 5.74) is 10.8. The second-order valence-electron chi connectivity index (χ2n) is 23.4. The molecule has 0 saturated carbocycles. The summed E-state index contributed by atoms with van der Waals surface area (Å²) in [6.07, 6.45) is 0. The maximum absolute atomic E-state index is 2.62. The van der Waals surface area contributed by atoms with Gasteiger partial charge in [-0.25, -0.2) is 0 Å². The van der Waals surface area contributed by atoms with Gasteiger partial charge in [-0.2, -0.15) is 0 Å². The summed E-state index contributed by atoms with van der Waals surface area (Å²) in [5, 5.41) is 28.4. The fourth-order valence-corrected chi connectivity index (χ4v) is 14.5. The average Bonchev–Trinajstić information content (AvgIpc) is 3.64. The molecule has 0 N–H and O–H groups in total. The SMILES string of the molecule is CC(C)c1cc(B(c2cccc3cc4ccccc4cc23)c2cccc3cc4ccccc4cc23)c2ccc3c(B(c4cccc5cc6ccccc6cc45)c4cccc5cc6ccccc6cc45)cc(C(C)C)c4ccc1c2c34. The topological polar surface area (TPSA) is 0 Å². The van der Waals surface area contributed by atoms with E-state index in [0.717, 1.165) is 0 Å². The third-order valence-corrected chi connectivity index (χ3v) is 18.3. The fraction of sp³-hybridized carbons (Fsp3) is 0.0769. The van der Waals surface area contributed by atoms with E-state index in [4.69, 9.17) is 0 Å². The molecule has 0 aromatic heterocycles. The highest BCUT2D eigenvalue weighted by Gasteiger charge is 2.33. The number of hydrogen-bond donors (Lipinski definition) is 0. The number of rotatable bonds is 8. The molecule has 374 valence electrons. The number of fused-ring (bicyclic) bond motifs is 8. The smallest absolute Gasteiger partial charge is 0.0663 e. The van der Waals surface area contributed by atoms with Gasteiger partial charge in [-0.15, -0.1) is 0 Å². The lowest BCUT2D eigenvalue weighted by Crippen LogP contribution is -2.53. The summed E-state index contributed by atoms with van der Waals surface area (Å²) in [6, 6.07) is 98.2. The van der Waals surface area contributed by atoms with E-state index in [1.165, 1.54) is 162 Å². The highest BCUT2D eigenvalue weighted by Crippen LogP contribution is 2.41. The molecule has 80 heavy (non-hydrogen) atoms. The lowest BCUT2D eigenvalue weighted by molar-refractivity contribution is 0.876. The van der Waals surface area contributed by atoms with Crippen LogP contribution in [0.1, 0.15) is 50.7 Å². The van der Waals surface area contributed by atoms with Gasteiger partial charge in [0.1, 0.15) is 0 Å². The molecule has 0 nitrogen and oxygen atoms in total. The fourth-order valence-electron chi connectivity index (χ4n) is 14.5. The Morgan fingerprint density at radius 2 is 0.438 bits per heavy atom. The second-order valence-corrected chi connectivity index (χ2v) is 23.4. The van der Waals surface area contributed by atoms with Crippen molar-refractivity contribution in [1.29, 1.82) is 0 Å².